The number of aromatic nitrogens is 2. The highest BCUT2D eigenvalue weighted by atomic mass is 16.3. The highest BCUT2D eigenvalue weighted by molar-refractivity contribution is 5.78. The van der Waals surface area contributed by atoms with Gasteiger partial charge in [0.15, 0.2) is 0 Å². The average molecular weight is 307 g/mol. The number of allylic oxidation sites excluding steroid dienone is 1. The molecular weight excluding hydrogens is 286 g/mol. The summed E-state index contributed by atoms with van der Waals surface area (Å²) in [4.78, 5) is 4.62. The van der Waals surface area contributed by atoms with Crippen molar-refractivity contribution in [2.45, 2.75) is 19.6 Å². The molecule has 1 heterocycles. The van der Waals surface area contributed by atoms with Crippen LogP contribution in [0.4, 0.5) is 5.95 Å². The smallest absolute Gasteiger partial charge is 0.204 e. The van der Waals surface area contributed by atoms with Gasteiger partial charge < -0.3 is 15.0 Å². The number of aliphatic hydroxyl groups is 1. The van der Waals surface area contributed by atoms with Crippen LogP contribution in [0.3, 0.4) is 0 Å². The third-order valence-corrected chi connectivity index (χ3v) is 3.61. The molecule has 0 aliphatic carbocycles. The molecule has 0 saturated heterocycles. The Balaban J connectivity index is 1.85. The lowest BCUT2D eigenvalue weighted by atomic mass is 10.2. The normalized spacial score (nSPS) is 12.8. The minimum Gasteiger partial charge on any atom is -0.392 e. The highest BCUT2D eigenvalue weighted by Crippen LogP contribution is 2.19. The first-order valence-electron chi connectivity index (χ1n) is 7.83. The molecule has 0 spiro atoms. The Morgan fingerprint density at radius 2 is 1.87 bits per heavy atom. The van der Waals surface area contributed by atoms with Gasteiger partial charge in [0.1, 0.15) is 0 Å². The molecule has 0 amide bonds. The first kappa shape index (κ1) is 15.3. The monoisotopic (exact) mass is 307 g/mol. The van der Waals surface area contributed by atoms with Crippen molar-refractivity contribution in [1.82, 2.24) is 9.55 Å². The van der Waals surface area contributed by atoms with Crippen LogP contribution >= 0.6 is 0 Å². The fourth-order valence-electron chi connectivity index (χ4n) is 2.49. The molecule has 4 heteroatoms. The zero-order valence-corrected chi connectivity index (χ0v) is 13.2. The lowest BCUT2D eigenvalue weighted by molar-refractivity contribution is 0.208. The topological polar surface area (TPSA) is 50.1 Å². The summed E-state index contributed by atoms with van der Waals surface area (Å²) in [6.07, 6.45) is 3.81. The van der Waals surface area contributed by atoms with Crippen molar-refractivity contribution in [2.75, 3.05) is 11.9 Å². The average Bonchev–Trinajstić information content (AvgIpc) is 2.92. The maximum atomic E-state index is 9.49. The molecule has 3 aromatic rings. The van der Waals surface area contributed by atoms with Crippen molar-refractivity contribution in [2.24, 2.45) is 0 Å². The maximum absolute atomic E-state index is 9.49. The second-order valence-electron chi connectivity index (χ2n) is 5.58. The lowest BCUT2D eigenvalue weighted by Crippen LogP contribution is -2.18. The maximum Gasteiger partial charge on any atom is 0.204 e. The zero-order chi connectivity index (χ0) is 16.1. The first-order chi connectivity index (χ1) is 11.2. The molecule has 4 nitrogen and oxygen atoms in total. The molecule has 0 fully saturated rings. The van der Waals surface area contributed by atoms with Gasteiger partial charge in [0.05, 0.1) is 17.1 Å². The molecule has 3 rings (SSSR count). The van der Waals surface area contributed by atoms with Crippen molar-refractivity contribution in [3.05, 3.63) is 66.2 Å². The number of hydrogen-bond acceptors (Lipinski definition) is 3. The van der Waals surface area contributed by atoms with E-state index in [0.29, 0.717) is 6.54 Å². The zero-order valence-electron chi connectivity index (χ0n) is 13.2. The van der Waals surface area contributed by atoms with Gasteiger partial charge in [-0.05, 0) is 24.6 Å². The van der Waals surface area contributed by atoms with Crippen molar-refractivity contribution < 1.29 is 5.11 Å². The van der Waals surface area contributed by atoms with Gasteiger partial charge in [-0.3, -0.25) is 0 Å². The Morgan fingerprint density at radius 3 is 2.65 bits per heavy atom. The Labute approximate surface area is 136 Å². The number of nitrogens with zero attached hydrogens (tertiary/aromatic N) is 2. The predicted molar refractivity (Wildman–Crippen MR) is 95.4 cm³/mol. The summed E-state index contributed by atoms with van der Waals surface area (Å²) in [6.45, 7) is 2.96. The van der Waals surface area contributed by atoms with E-state index in [1.807, 2.05) is 36.4 Å². The van der Waals surface area contributed by atoms with Crippen LogP contribution < -0.4 is 5.32 Å². The van der Waals surface area contributed by atoms with Gasteiger partial charge in [-0.25, -0.2) is 4.98 Å². The third kappa shape index (κ3) is 3.79. The molecule has 0 aliphatic heterocycles. The molecule has 2 N–H and O–H groups in total. The van der Waals surface area contributed by atoms with Crippen molar-refractivity contribution in [3.8, 4) is 0 Å². The molecule has 0 radical (unpaired) electrons. The molecule has 0 saturated carbocycles. The van der Waals surface area contributed by atoms with E-state index in [4.69, 9.17) is 0 Å². The Bertz CT molecular complexity index is 791. The fraction of sp³-hybridized carbons (Fsp3) is 0.211. The number of aliphatic hydroxyl groups excluding tert-OH is 1. The number of rotatable bonds is 6. The predicted octanol–water partition coefficient (Wildman–Crippen LogP) is 3.54. The van der Waals surface area contributed by atoms with E-state index >= 15 is 0 Å². The van der Waals surface area contributed by atoms with Crippen molar-refractivity contribution in [1.29, 1.82) is 0 Å². The quantitative estimate of drug-likeness (QED) is 0.732. The Hall–Kier alpha value is -2.59. The summed E-state index contributed by atoms with van der Waals surface area (Å²) in [6, 6.07) is 18.3. The third-order valence-electron chi connectivity index (χ3n) is 3.61. The van der Waals surface area contributed by atoms with E-state index in [0.717, 1.165) is 23.5 Å². The van der Waals surface area contributed by atoms with Gasteiger partial charge in [-0.1, -0.05) is 54.6 Å². The molecule has 0 bridgehead atoms. The van der Waals surface area contributed by atoms with Crippen LogP contribution in [-0.4, -0.2) is 27.3 Å². The number of benzene rings is 2. The largest absolute Gasteiger partial charge is 0.392 e. The summed E-state index contributed by atoms with van der Waals surface area (Å²) in [7, 11) is 0. The van der Waals surface area contributed by atoms with E-state index in [1.165, 1.54) is 5.56 Å². The molecule has 118 valence electrons. The summed E-state index contributed by atoms with van der Waals surface area (Å²) in [5.74, 6) is 0.782. The van der Waals surface area contributed by atoms with Gasteiger partial charge in [-0.15, -0.1) is 0 Å². The number of para-hydroxylation sites is 2. The molecular formula is C19H21N3O. The van der Waals surface area contributed by atoms with E-state index in [-0.39, 0.29) is 0 Å². The van der Waals surface area contributed by atoms with Gasteiger partial charge in [0.2, 0.25) is 5.95 Å². The summed E-state index contributed by atoms with van der Waals surface area (Å²) in [5, 5.41) is 12.7. The number of anilines is 1. The minimum atomic E-state index is -0.414. The van der Waals surface area contributed by atoms with Crippen LogP contribution in [0, 0.1) is 0 Å². The van der Waals surface area contributed by atoms with Crippen LogP contribution in [0.1, 0.15) is 12.5 Å². The van der Waals surface area contributed by atoms with Gasteiger partial charge in [-0.2, -0.15) is 0 Å². The molecule has 23 heavy (non-hydrogen) atoms. The van der Waals surface area contributed by atoms with Gasteiger partial charge >= 0.3 is 0 Å². The summed E-state index contributed by atoms with van der Waals surface area (Å²) in [5.41, 5.74) is 3.21. The number of imidazole rings is 1. The summed E-state index contributed by atoms with van der Waals surface area (Å²) >= 11 is 0. The van der Waals surface area contributed by atoms with Crippen LogP contribution in [0.15, 0.2) is 60.7 Å². The lowest BCUT2D eigenvalue weighted by Gasteiger charge is -2.10. The van der Waals surface area contributed by atoms with Crippen LogP contribution in [0.5, 0.6) is 0 Å². The second kappa shape index (κ2) is 7.11. The number of hydrogen-bond donors (Lipinski definition) is 2. The molecule has 0 aliphatic rings. The van der Waals surface area contributed by atoms with Crippen molar-refractivity contribution >= 4 is 23.1 Å². The SMILES string of the molecule is CC(O)CNc1nc2ccccc2n1C/C=C/c1ccccc1. The van der Waals surface area contributed by atoms with E-state index in [1.54, 1.807) is 6.92 Å². The Kier molecular flexibility index (Phi) is 4.74. The number of nitrogens with one attached hydrogen (secondary N) is 1. The van der Waals surface area contributed by atoms with E-state index < -0.39 is 6.10 Å². The van der Waals surface area contributed by atoms with E-state index in [9.17, 15) is 5.11 Å². The number of fused-ring (bicyclic) bond motifs is 1. The molecule has 1 unspecified atom stereocenters. The minimum absolute atomic E-state index is 0.414. The van der Waals surface area contributed by atoms with Crippen LogP contribution in [-0.2, 0) is 6.54 Å². The Morgan fingerprint density at radius 1 is 1.13 bits per heavy atom. The summed E-state index contributed by atoms with van der Waals surface area (Å²) < 4.78 is 2.12. The molecule has 2 aromatic carbocycles. The first-order valence-corrected chi connectivity index (χ1v) is 7.83. The fourth-order valence-corrected chi connectivity index (χ4v) is 2.49. The highest BCUT2D eigenvalue weighted by Gasteiger charge is 2.09. The van der Waals surface area contributed by atoms with Crippen molar-refractivity contribution in [3.63, 3.8) is 0 Å². The standard InChI is InChI=1S/C19H21N3O/c1-15(23)14-20-19-21-17-11-5-6-12-18(17)22(19)13-7-10-16-8-3-2-4-9-16/h2-12,15,23H,13-14H2,1H3,(H,20,21)/b10-7+. The second-order valence-corrected chi connectivity index (χ2v) is 5.58. The van der Waals surface area contributed by atoms with Gasteiger partial charge in [0, 0.05) is 13.1 Å². The van der Waals surface area contributed by atoms with Crippen LogP contribution in [0.25, 0.3) is 17.1 Å². The molecule has 1 atom stereocenters. The van der Waals surface area contributed by atoms with Crippen LogP contribution in [0.2, 0.25) is 0 Å². The molecule has 1 aromatic heterocycles. The van der Waals surface area contributed by atoms with E-state index in [2.05, 4.69) is 45.2 Å². The van der Waals surface area contributed by atoms with Gasteiger partial charge in [0.25, 0.3) is 0 Å².